The van der Waals surface area contributed by atoms with Crippen LogP contribution in [0.1, 0.15) is 55.5 Å². The molecule has 16 rings (SSSR count). The first-order valence-corrected chi connectivity index (χ1v) is 31.0. The summed E-state index contributed by atoms with van der Waals surface area (Å²) >= 11 is 0. The van der Waals surface area contributed by atoms with Crippen LogP contribution >= 0.6 is 0 Å². The molecule has 2 aliphatic rings. The van der Waals surface area contributed by atoms with Crippen molar-refractivity contribution in [3.8, 4) is 72.4 Å². The molecule has 0 unspecified atom stereocenters. The molecule has 0 aliphatic heterocycles. The third-order valence-electron chi connectivity index (χ3n) is 19.2. The summed E-state index contributed by atoms with van der Waals surface area (Å²) in [6.45, 7) is 13.5. The van der Waals surface area contributed by atoms with E-state index in [4.69, 9.17) is 0 Å². The van der Waals surface area contributed by atoms with Gasteiger partial charge in [-0.15, -0.1) is 0 Å². The smallest absolute Gasteiger partial charge is 0.0541 e. The van der Waals surface area contributed by atoms with Crippen molar-refractivity contribution in [3.05, 3.63) is 338 Å². The van der Waals surface area contributed by atoms with E-state index in [2.05, 4.69) is 352 Å². The summed E-state index contributed by atoms with van der Waals surface area (Å²) in [4.78, 5) is 4.82. The molecule has 14 aromatic rings. The predicted octanol–water partition coefficient (Wildman–Crippen LogP) is 23.6. The van der Waals surface area contributed by atoms with Crippen LogP contribution in [0.4, 0.5) is 34.1 Å². The van der Waals surface area contributed by atoms with Gasteiger partial charge in [-0.2, -0.15) is 0 Å². The summed E-state index contributed by atoms with van der Waals surface area (Å²) in [7, 11) is 0. The van der Waals surface area contributed by atoms with Crippen LogP contribution in [0.15, 0.2) is 310 Å². The van der Waals surface area contributed by atoms with Gasteiger partial charge in [0.2, 0.25) is 0 Å². The lowest BCUT2D eigenvalue weighted by Crippen LogP contribution is -2.16. The minimum atomic E-state index is -0.133. The van der Waals surface area contributed by atoms with E-state index in [1.54, 1.807) is 0 Å². The summed E-state index contributed by atoms with van der Waals surface area (Å²) in [6.07, 6.45) is 1.91. The Hall–Kier alpha value is -11.0. The van der Waals surface area contributed by atoms with E-state index in [0.29, 0.717) is 0 Å². The first-order chi connectivity index (χ1) is 43.6. The zero-order valence-corrected chi connectivity index (χ0v) is 50.5. The number of hydrogen-bond donors (Lipinski definition) is 0. The van der Waals surface area contributed by atoms with E-state index < -0.39 is 0 Å². The highest BCUT2D eigenvalue weighted by Gasteiger charge is 2.37. The molecule has 0 bridgehead atoms. The second-order valence-electron chi connectivity index (χ2n) is 25.0. The van der Waals surface area contributed by atoms with Crippen LogP contribution in [0.3, 0.4) is 0 Å². The summed E-state index contributed by atoms with van der Waals surface area (Å²) in [5, 5.41) is 2.39. The largest absolute Gasteiger partial charge is 0.310 e. The highest BCUT2D eigenvalue weighted by atomic mass is 15.1. The Morgan fingerprint density at radius 1 is 0.281 bits per heavy atom. The molecule has 0 saturated heterocycles. The standard InChI is InChI=1S/C86H65N3/c1-6-57-25-37-70(38-26-57)89-83-51-35-64(62-31-43-68(44-32-62)87(66-39-27-60(28-40-66)58-17-9-7-10-18-58)71-47-49-75-73-21-13-15-23-79(73)85(2,3)81(75)55-71)53-77(83)78-54-65(36-52-84(78)89)63-33-45-69(46-34-63)88(67-41-29-61(30-42-67)59-19-11-8-12-20-59)72-48-50-76-74-22-14-16-24-80(74)86(4,5)82(76)56-72/h6-56H,1H2,2-5H3. The molecule has 0 radical (unpaired) electrons. The highest BCUT2D eigenvalue weighted by Crippen LogP contribution is 2.53. The van der Waals surface area contributed by atoms with Crippen molar-refractivity contribution < 1.29 is 0 Å². The van der Waals surface area contributed by atoms with Gasteiger partial charge in [-0.05, 0) is 204 Å². The van der Waals surface area contributed by atoms with E-state index in [-0.39, 0.29) is 10.8 Å². The minimum Gasteiger partial charge on any atom is -0.310 e. The molecular formula is C86H65N3. The molecule has 1 aromatic heterocycles. The van der Waals surface area contributed by atoms with Crippen LogP contribution in [-0.4, -0.2) is 4.57 Å². The van der Waals surface area contributed by atoms with Crippen LogP contribution in [0, 0.1) is 0 Å². The van der Waals surface area contributed by atoms with E-state index >= 15 is 0 Å². The van der Waals surface area contributed by atoms with Crippen molar-refractivity contribution in [2.45, 2.75) is 38.5 Å². The van der Waals surface area contributed by atoms with Gasteiger partial charge in [0.05, 0.1) is 11.0 Å². The molecule has 1 heterocycles. The highest BCUT2D eigenvalue weighted by molar-refractivity contribution is 6.12. The third kappa shape index (κ3) is 9.03. The second-order valence-corrected chi connectivity index (χ2v) is 25.0. The maximum Gasteiger partial charge on any atom is 0.0541 e. The van der Waals surface area contributed by atoms with Gasteiger partial charge >= 0.3 is 0 Å². The van der Waals surface area contributed by atoms with Crippen LogP contribution in [-0.2, 0) is 10.8 Å². The van der Waals surface area contributed by atoms with Crippen molar-refractivity contribution >= 4 is 62.0 Å². The number of anilines is 6. The van der Waals surface area contributed by atoms with E-state index in [1.165, 1.54) is 77.5 Å². The lowest BCUT2D eigenvalue weighted by atomic mass is 9.82. The molecule has 2 aliphatic carbocycles. The van der Waals surface area contributed by atoms with Gasteiger partial charge in [-0.25, -0.2) is 0 Å². The Balaban J connectivity index is 0.775. The normalized spacial score (nSPS) is 13.2. The van der Waals surface area contributed by atoms with Gasteiger partial charge in [0.25, 0.3) is 0 Å². The van der Waals surface area contributed by atoms with E-state index in [9.17, 15) is 0 Å². The van der Waals surface area contributed by atoms with Gasteiger partial charge in [0.1, 0.15) is 0 Å². The number of fused-ring (bicyclic) bond motifs is 9. The average Bonchev–Trinajstić information content (AvgIpc) is 1.77. The topological polar surface area (TPSA) is 11.4 Å². The third-order valence-corrected chi connectivity index (χ3v) is 19.2. The fourth-order valence-corrected chi connectivity index (χ4v) is 14.5. The maximum atomic E-state index is 4.06. The van der Waals surface area contributed by atoms with Gasteiger partial charge in [0, 0.05) is 61.4 Å². The van der Waals surface area contributed by atoms with Crippen LogP contribution in [0.2, 0.25) is 0 Å². The Bertz CT molecular complexity index is 4740. The summed E-state index contributed by atoms with van der Waals surface area (Å²) in [5.41, 5.74) is 31.0. The molecule has 3 heteroatoms. The first kappa shape index (κ1) is 53.5. The minimum absolute atomic E-state index is 0.133. The molecule has 89 heavy (non-hydrogen) atoms. The molecule has 0 amide bonds. The molecule has 0 fully saturated rings. The monoisotopic (exact) mass is 1140 g/mol. The number of rotatable bonds is 12. The van der Waals surface area contributed by atoms with Crippen molar-refractivity contribution in [2.75, 3.05) is 9.80 Å². The predicted molar refractivity (Wildman–Crippen MR) is 377 cm³/mol. The number of hydrogen-bond acceptors (Lipinski definition) is 2. The maximum absolute atomic E-state index is 4.06. The molecule has 0 atom stereocenters. The summed E-state index contributed by atoms with van der Waals surface area (Å²) < 4.78 is 2.41. The SMILES string of the molecule is C=Cc1ccc(-n2c3ccc(-c4ccc(N(c5ccc(-c6ccccc6)cc5)c5ccc6c(c5)C(C)(C)c5ccccc5-6)cc4)cc3c3cc(-c4ccc(N(c5ccc(-c6ccccc6)cc5)c5ccc6c(c5)C(C)(C)c5ccccc5-6)cc4)ccc32)cc1. The fourth-order valence-electron chi connectivity index (χ4n) is 14.5. The lowest BCUT2D eigenvalue weighted by Gasteiger charge is -2.28. The van der Waals surface area contributed by atoms with Crippen molar-refractivity contribution in [1.29, 1.82) is 0 Å². The molecule has 13 aromatic carbocycles. The van der Waals surface area contributed by atoms with Gasteiger partial charge in [-0.1, -0.05) is 234 Å². The summed E-state index contributed by atoms with van der Waals surface area (Å²) in [6, 6.07) is 112. The molecule has 0 spiro atoms. The van der Waals surface area contributed by atoms with Gasteiger partial charge in [-0.3, -0.25) is 0 Å². The lowest BCUT2D eigenvalue weighted by molar-refractivity contribution is 0.660. The molecule has 3 nitrogen and oxygen atoms in total. The summed E-state index contributed by atoms with van der Waals surface area (Å²) in [5.74, 6) is 0. The van der Waals surface area contributed by atoms with Crippen molar-refractivity contribution in [2.24, 2.45) is 0 Å². The molecule has 424 valence electrons. The van der Waals surface area contributed by atoms with Crippen LogP contribution in [0.5, 0.6) is 0 Å². The first-order valence-electron chi connectivity index (χ1n) is 31.0. The number of aromatic nitrogens is 1. The molecule has 0 N–H and O–H groups in total. The number of nitrogens with zero attached hydrogens (tertiary/aromatic N) is 3. The molecule has 0 saturated carbocycles. The Morgan fingerprint density at radius 3 is 0.978 bits per heavy atom. The van der Waals surface area contributed by atoms with Crippen molar-refractivity contribution in [3.63, 3.8) is 0 Å². The van der Waals surface area contributed by atoms with Crippen LogP contribution < -0.4 is 9.80 Å². The Labute approximate surface area is 522 Å². The zero-order chi connectivity index (χ0) is 60.0. The van der Waals surface area contributed by atoms with Gasteiger partial charge in [0.15, 0.2) is 0 Å². The fraction of sp³-hybridized carbons (Fsp3) is 0.0698. The quantitative estimate of drug-likeness (QED) is 0.121. The zero-order valence-electron chi connectivity index (χ0n) is 50.5. The molecular weight excluding hydrogens is 1070 g/mol. The Morgan fingerprint density at radius 2 is 0.596 bits per heavy atom. The van der Waals surface area contributed by atoms with Crippen LogP contribution in [0.25, 0.3) is 100 Å². The van der Waals surface area contributed by atoms with E-state index in [0.717, 1.165) is 78.7 Å². The number of benzene rings is 13. The average molecular weight is 1140 g/mol. The van der Waals surface area contributed by atoms with Gasteiger partial charge < -0.3 is 14.4 Å². The van der Waals surface area contributed by atoms with E-state index in [1.807, 2.05) is 6.08 Å². The van der Waals surface area contributed by atoms with Crippen molar-refractivity contribution in [1.82, 2.24) is 4.57 Å². The second kappa shape index (κ2) is 21.2. The Kier molecular flexibility index (Phi) is 12.7.